The highest BCUT2D eigenvalue weighted by atomic mass is 19.1. The first-order valence-corrected chi connectivity index (χ1v) is 9.13. The zero-order valence-corrected chi connectivity index (χ0v) is 14.3. The van der Waals surface area contributed by atoms with Gasteiger partial charge in [0.1, 0.15) is 5.82 Å². The lowest BCUT2D eigenvalue weighted by Crippen LogP contribution is -2.49. The quantitative estimate of drug-likeness (QED) is 0.773. The van der Waals surface area contributed by atoms with Crippen LogP contribution in [-0.2, 0) is 11.2 Å². The van der Waals surface area contributed by atoms with Crippen LogP contribution in [0.3, 0.4) is 0 Å². The van der Waals surface area contributed by atoms with Gasteiger partial charge in [-0.1, -0.05) is 23.8 Å². The van der Waals surface area contributed by atoms with E-state index in [1.54, 1.807) is 11.6 Å². The van der Waals surface area contributed by atoms with Gasteiger partial charge in [-0.2, -0.15) is 0 Å². The molecule has 24 heavy (non-hydrogen) atoms. The summed E-state index contributed by atoms with van der Waals surface area (Å²) in [5, 5.41) is 0. The summed E-state index contributed by atoms with van der Waals surface area (Å²) in [6.45, 7) is 4.57. The number of piperazine rings is 1. The number of carbonyl (C=O) groups is 1. The number of amides is 1. The van der Waals surface area contributed by atoms with Gasteiger partial charge < -0.3 is 4.90 Å². The highest BCUT2D eigenvalue weighted by Crippen LogP contribution is 2.20. The van der Waals surface area contributed by atoms with E-state index in [0.717, 1.165) is 38.3 Å². The van der Waals surface area contributed by atoms with Crippen molar-refractivity contribution >= 4 is 5.91 Å². The predicted molar refractivity (Wildman–Crippen MR) is 94.3 cm³/mol. The van der Waals surface area contributed by atoms with E-state index in [2.05, 4.69) is 11.0 Å². The van der Waals surface area contributed by atoms with Crippen molar-refractivity contribution in [1.82, 2.24) is 9.80 Å². The summed E-state index contributed by atoms with van der Waals surface area (Å²) < 4.78 is 13.2. The monoisotopic (exact) mass is 330 g/mol. The summed E-state index contributed by atoms with van der Waals surface area (Å²) in [7, 11) is 0. The molecule has 1 amide bonds. The molecule has 1 heterocycles. The number of allylic oxidation sites excluding steroid dienone is 1. The Morgan fingerprint density at radius 3 is 2.67 bits per heavy atom. The number of hydrogen-bond acceptors (Lipinski definition) is 2. The standard InChI is InChI=1S/C20H27FN2O/c21-19-8-4-7-18(15-19)16-20(24)23-13-11-22(12-14-23)10-9-17-5-2-1-3-6-17/h4-5,7-8,15H,1-3,6,9-14,16H2. The molecule has 0 radical (unpaired) electrons. The van der Waals surface area contributed by atoms with Gasteiger partial charge in [-0.05, 0) is 49.8 Å². The molecule has 1 fully saturated rings. The molecule has 1 aliphatic heterocycles. The van der Waals surface area contributed by atoms with Crippen LogP contribution >= 0.6 is 0 Å². The van der Waals surface area contributed by atoms with Gasteiger partial charge in [0.2, 0.25) is 5.91 Å². The second-order valence-electron chi connectivity index (χ2n) is 6.89. The molecule has 1 aromatic rings. The van der Waals surface area contributed by atoms with E-state index in [-0.39, 0.29) is 11.7 Å². The summed E-state index contributed by atoms with van der Waals surface area (Å²) in [6, 6.07) is 6.34. The van der Waals surface area contributed by atoms with Gasteiger partial charge in [0, 0.05) is 32.7 Å². The molecule has 2 aliphatic rings. The van der Waals surface area contributed by atoms with Crippen molar-refractivity contribution in [2.24, 2.45) is 0 Å². The maximum atomic E-state index is 13.2. The molecule has 4 heteroatoms. The summed E-state index contributed by atoms with van der Waals surface area (Å²) >= 11 is 0. The van der Waals surface area contributed by atoms with Crippen molar-refractivity contribution in [3.8, 4) is 0 Å². The first-order valence-electron chi connectivity index (χ1n) is 9.13. The van der Waals surface area contributed by atoms with Crippen LogP contribution in [0.1, 0.15) is 37.7 Å². The third-order valence-corrected chi connectivity index (χ3v) is 5.10. The Morgan fingerprint density at radius 1 is 1.12 bits per heavy atom. The van der Waals surface area contributed by atoms with Crippen LogP contribution in [-0.4, -0.2) is 48.4 Å². The molecule has 0 N–H and O–H groups in total. The van der Waals surface area contributed by atoms with Gasteiger partial charge >= 0.3 is 0 Å². The number of rotatable bonds is 5. The van der Waals surface area contributed by atoms with Crippen molar-refractivity contribution in [1.29, 1.82) is 0 Å². The molecule has 0 aromatic heterocycles. The van der Waals surface area contributed by atoms with Crippen LogP contribution in [0.2, 0.25) is 0 Å². The Kier molecular flexibility index (Phi) is 6.02. The topological polar surface area (TPSA) is 23.6 Å². The fourth-order valence-electron chi connectivity index (χ4n) is 3.59. The summed E-state index contributed by atoms with van der Waals surface area (Å²) in [6.07, 6.45) is 9.09. The van der Waals surface area contributed by atoms with Gasteiger partial charge in [-0.15, -0.1) is 0 Å². The minimum atomic E-state index is -0.276. The van der Waals surface area contributed by atoms with Gasteiger partial charge in [0.25, 0.3) is 0 Å². The molecular formula is C20H27FN2O. The largest absolute Gasteiger partial charge is 0.340 e. The van der Waals surface area contributed by atoms with Crippen LogP contribution in [0.5, 0.6) is 0 Å². The Balaban J connectivity index is 1.41. The molecule has 0 bridgehead atoms. The summed E-state index contributed by atoms with van der Waals surface area (Å²) in [5.74, 6) is -0.169. The fourth-order valence-corrected chi connectivity index (χ4v) is 3.59. The van der Waals surface area contributed by atoms with Gasteiger partial charge in [-0.25, -0.2) is 4.39 Å². The average Bonchev–Trinajstić information content (AvgIpc) is 2.61. The van der Waals surface area contributed by atoms with Crippen molar-refractivity contribution in [3.63, 3.8) is 0 Å². The second kappa shape index (κ2) is 8.43. The fraction of sp³-hybridized carbons (Fsp3) is 0.550. The maximum absolute atomic E-state index is 13.2. The van der Waals surface area contributed by atoms with E-state index in [0.29, 0.717) is 6.42 Å². The van der Waals surface area contributed by atoms with Gasteiger partial charge in [-0.3, -0.25) is 9.69 Å². The van der Waals surface area contributed by atoms with Crippen molar-refractivity contribution in [2.75, 3.05) is 32.7 Å². The summed E-state index contributed by atoms with van der Waals surface area (Å²) in [4.78, 5) is 16.7. The van der Waals surface area contributed by atoms with Crippen LogP contribution in [0.4, 0.5) is 4.39 Å². The lowest BCUT2D eigenvalue weighted by atomic mass is 9.97. The van der Waals surface area contributed by atoms with Crippen molar-refractivity contribution in [3.05, 3.63) is 47.3 Å². The lowest BCUT2D eigenvalue weighted by Gasteiger charge is -2.35. The zero-order valence-electron chi connectivity index (χ0n) is 14.3. The number of nitrogens with zero attached hydrogens (tertiary/aromatic N) is 2. The van der Waals surface area contributed by atoms with E-state index in [1.807, 2.05) is 11.0 Å². The molecule has 0 saturated carbocycles. The highest BCUT2D eigenvalue weighted by molar-refractivity contribution is 5.78. The molecule has 0 unspecified atom stereocenters. The minimum absolute atomic E-state index is 0.107. The van der Waals surface area contributed by atoms with Crippen molar-refractivity contribution in [2.45, 2.75) is 38.5 Å². The van der Waals surface area contributed by atoms with Gasteiger partial charge in [0.15, 0.2) is 0 Å². The van der Waals surface area contributed by atoms with E-state index in [4.69, 9.17) is 0 Å². The Hall–Kier alpha value is -1.68. The van der Waals surface area contributed by atoms with E-state index in [9.17, 15) is 9.18 Å². The van der Waals surface area contributed by atoms with Crippen molar-refractivity contribution < 1.29 is 9.18 Å². The third-order valence-electron chi connectivity index (χ3n) is 5.10. The van der Waals surface area contributed by atoms with Crippen LogP contribution in [0.25, 0.3) is 0 Å². The number of benzene rings is 1. The summed E-state index contributed by atoms with van der Waals surface area (Å²) in [5.41, 5.74) is 2.37. The lowest BCUT2D eigenvalue weighted by molar-refractivity contribution is -0.132. The molecule has 3 nitrogen and oxygen atoms in total. The Morgan fingerprint density at radius 2 is 1.96 bits per heavy atom. The molecule has 1 aromatic carbocycles. The molecule has 130 valence electrons. The number of carbonyl (C=O) groups excluding carboxylic acids is 1. The van der Waals surface area contributed by atoms with Crippen LogP contribution in [0, 0.1) is 5.82 Å². The smallest absolute Gasteiger partial charge is 0.227 e. The minimum Gasteiger partial charge on any atom is -0.340 e. The maximum Gasteiger partial charge on any atom is 0.227 e. The van der Waals surface area contributed by atoms with Gasteiger partial charge in [0.05, 0.1) is 6.42 Å². The number of hydrogen-bond donors (Lipinski definition) is 0. The number of halogens is 1. The Labute approximate surface area is 144 Å². The first-order chi connectivity index (χ1) is 11.7. The van der Waals surface area contributed by atoms with E-state index in [1.165, 1.54) is 44.2 Å². The molecule has 0 spiro atoms. The Bertz CT molecular complexity index is 591. The van der Waals surface area contributed by atoms with Crippen LogP contribution in [0.15, 0.2) is 35.9 Å². The third kappa shape index (κ3) is 4.91. The molecule has 0 atom stereocenters. The predicted octanol–water partition coefficient (Wildman–Crippen LogP) is 3.40. The zero-order chi connectivity index (χ0) is 16.8. The first kappa shape index (κ1) is 17.2. The highest BCUT2D eigenvalue weighted by Gasteiger charge is 2.21. The molecule has 3 rings (SSSR count). The average molecular weight is 330 g/mol. The second-order valence-corrected chi connectivity index (χ2v) is 6.89. The molecule has 1 aliphatic carbocycles. The van der Waals surface area contributed by atoms with Crippen LogP contribution < -0.4 is 0 Å². The molecule has 1 saturated heterocycles. The van der Waals surface area contributed by atoms with E-state index < -0.39 is 0 Å². The molecular weight excluding hydrogens is 303 g/mol. The SMILES string of the molecule is O=C(Cc1cccc(F)c1)N1CCN(CCC2=CCCCC2)CC1. The van der Waals surface area contributed by atoms with E-state index >= 15 is 0 Å². The normalized spacial score (nSPS) is 19.2.